The summed E-state index contributed by atoms with van der Waals surface area (Å²) in [4.78, 5) is 26.2. The van der Waals surface area contributed by atoms with Gasteiger partial charge >= 0.3 is 0 Å². The number of ketones is 1. The number of phenols is 1. The highest BCUT2D eigenvalue weighted by Crippen LogP contribution is 2.32. The van der Waals surface area contributed by atoms with Crippen molar-refractivity contribution in [3.8, 4) is 18.1 Å². The van der Waals surface area contributed by atoms with Gasteiger partial charge in [-0.25, -0.2) is 4.39 Å². The predicted octanol–water partition coefficient (Wildman–Crippen LogP) is 3.64. The number of hydrogen-bond acceptors (Lipinski definition) is 3. The van der Waals surface area contributed by atoms with Crippen LogP contribution in [0.15, 0.2) is 35.3 Å². The molecule has 2 aromatic rings. The van der Waals surface area contributed by atoms with Crippen LogP contribution in [0.5, 0.6) is 5.75 Å². The van der Waals surface area contributed by atoms with Gasteiger partial charge in [-0.2, -0.15) is 0 Å². The highest BCUT2D eigenvalue weighted by atomic mass is 127. The molecule has 0 aliphatic heterocycles. The monoisotopic (exact) mass is 453 g/mol. The Balaban J connectivity index is 2.27. The van der Waals surface area contributed by atoms with E-state index in [1.165, 1.54) is 19.1 Å². The molecule has 1 unspecified atom stereocenters. The Morgan fingerprint density at radius 2 is 2.24 bits per heavy atom. The molecule has 0 bridgehead atoms. The molecule has 130 valence electrons. The molecule has 1 aromatic heterocycles. The van der Waals surface area contributed by atoms with Crippen LogP contribution in [0.1, 0.15) is 38.3 Å². The van der Waals surface area contributed by atoms with Gasteiger partial charge in [0.2, 0.25) is 5.56 Å². The number of benzene rings is 1. The Morgan fingerprint density at radius 3 is 2.88 bits per heavy atom. The SMILES string of the molecule is C#CCCC(I=CC(=O)c1cc(C)c(F)cc1O)c1ccc(=O)[nH]c1. The molecule has 0 fully saturated rings. The second-order valence-corrected chi connectivity index (χ2v) is 8.26. The quantitative estimate of drug-likeness (QED) is 0.304. The van der Waals surface area contributed by atoms with E-state index < -0.39 is 26.5 Å². The summed E-state index contributed by atoms with van der Waals surface area (Å²) in [6, 6.07) is 5.48. The number of halogens is 2. The predicted molar refractivity (Wildman–Crippen MR) is 105 cm³/mol. The minimum Gasteiger partial charge on any atom is -0.507 e. The molecule has 0 radical (unpaired) electrons. The van der Waals surface area contributed by atoms with E-state index >= 15 is 0 Å². The molecule has 1 heterocycles. The molecule has 2 rings (SSSR count). The Hall–Kier alpha value is -2.27. The first-order valence-corrected chi connectivity index (χ1v) is 10.0. The first-order chi connectivity index (χ1) is 11.9. The largest absolute Gasteiger partial charge is 0.507 e. The fourth-order valence-corrected chi connectivity index (χ4v) is 4.76. The number of rotatable bonds is 6. The molecule has 1 atom stereocenters. The van der Waals surface area contributed by atoms with Crippen molar-refractivity contribution < 1.29 is 14.3 Å². The maximum atomic E-state index is 13.4. The zero-order valence-corrected chi connectivity index (χ0v) is 15.7. The summed E-state index contributed by atoms with van der Waals surface area (Å²) in [5, 5.41) is 9.81. The minimum absolute atomic E-state index is 0.0688. The second kappa shape index (κ2) is 8.72. The summed E-state index contributed by atoms with van der Waals surface area (Å²) in [6.45, 7) is 1.54. The molecule has 4 nitrogen and oxygen atoms in total. The van der Waals surface area contributed by atoms with Crippen LogP contribution in [-0.4, -0.2) is 19.9 Å². The molecule has 1 aromatic carbocycles. The number of carbonyl (C=O) groups is 1. The molecule has 0 aliphatic rings. The van der Waals surface area contributed by atoms with E-state index in [9.17, 15) is 19.1 Å². The summed E-state index contributed by atoms with van der Waals surface area (Å²) < 4.78 is 15.0. The van der Waals surface area contributed by atoms with Crippen LogP contribution in [0, 0.1) is 25.1 Å². The first-order valence-electron chi connectivity index (χ1n) is 7.53. The summed E-state index contributed by atoms with van der Waals surface area (Å²) in [7, 11) is 0. The molecule has 0 amide bonds. The molecular formula is C19H17FINO3. The molecule has 6 heteroatoms. The van der Waals surface area contributed by atoms with Gasteiger partial charge in [-0.05, 0) is 30.5 Å². The van der Waals surface area contributed by atoms with E-state index in [1.807, 2.05) is 0 Å². The first kappa shape index (κ1) is 19.1. The van der Waals surface area contributed by atoms with E-state index in [4.69, 9.17) is 6.42 Å². The molecule has 0 saturated carbocycles. The molecule has 25 heavy (non-hydrogen) atoms. The third-order valence-electron chi connectivity index (χ3n) is 3.57. The molecule has 0 spiro atoms. The van der Waals surface area contributed by atoms with Gasteiger partial charge in [0.15, 0.2) is 5.78 Å². The van der Waals surface area contributed by atoms with Gasteiger partial charge in [-0.3, -0.25) is 9.59 Å². The lowest BCUT2D eigenvalue weighted by molar-refractivity contribution is 0.107. The Bertz CT molecular complexity index is 891. The number of alkyl halides is 1. The number of aromatic amines is 1. The summed E-state index contributed by atoms with van der Waals surface area (Å²) in [5.74, 6) is 1.34. The van der Waals surface area contributed by atoms with E-state index in [0.29, 0.717) is 18.4 Å². The minimum atomic E-state index is -0.736. The van der Waals surface area contributed by atoms with Crippen molar-refractivity contribution in [2.75, 3.05) is 0 Å². The lowest BCUT2D eigenvalue weighted by Gasteiger charge is -2.10. The maximum Gasteiger partial charge on any atom is 0.247 e. The topological polar surface area (TPSA) is 70.2 Å². The average Bonchev–Trinajstić information content (AvgIpc) is 2.59. The Morgan fingerprint density at radius 1 is 1.48 bits per heavy atom. The van der Waals surface area contributed by atoms with Crippen molar-refractivity contribution in [2.45, 2.75) is 23.7 Å². The second-order valence-electron chi connectivity index (χ2n) is 5.41. The fourth-order valence-electron chi connectivity index (χ4n) is 2.19. The number of H-pyrrole nitrogens is 1. The highest BCUT2D eigenvalue weighted by Gasteiger charge is 2.14. The highest BCUT2D eigenvalue weighted by molar-refractivity contribution is 14.2. The lowest BCUT2D eigenvalue weighted by atomic mass is 10.1. The van der Waals surface area contributed by atoms with Crippen LogP contribution in [0.25, 0.3) is 0 Å². The maximum absolute atomic E-state index is 13.4. The Kier molecular flexibility index (Phi) is 6.65. The third kappa shape index (κ3) is 5.10. The normalized spacial score (nSPS) is 12.4. The summed E-state index contributed by atoms with van der Waals surface area (Å²) in [5.41, 5.74) is 1.13. The smallest absolute Gasteiger partial charge is 0.247 e. The number of nitrogens with one attached hydrogen (secondary N) is 1. The molecule has 2 N–H and O–H groups in total. The zero-order chi connectivity index (χ0) is 18.4. The molecular weight excluding hydrogens is 436 g/mol. The number of phenolic OH excluding ortho intramolecular Hbond substituents is 1. The van der Waals surface area contributed by atoms with Crippen molar-refractivity contribution in [1.29, 1.82) is 0 Å². The number of terminal acetylenes is 1. The zero-order valence-electron chi connectivity index (χ0n) is 13.6. The van der Waals surface area contributed by atoms with Crippen LogP contribution in [-0.2, 0) is 0 Å². The number of hydrogen-bond donors (Lipinski definition) is 2. The van der Waals surface area contributed by atoms with E-state index in [-0.39, 0.29) is 26.6 Å². The average molecular weight is 453 g/mol. The van der Waals surface area contributed by atoms with Gasteiger partial charge in [-0.15, -0.1) is 33.1 Å². The van der Waals surface area contributed by atoms with Crippen LogP contribution in [0.2, 0.25) is 0 Å². The number of pyridine rings is 1. The van der Waals surface area contributed by atoms with Crippen molar-refractivity contribution in [3.63, 3.8) is 0 Å². The van der Waals surface area contributed by atoms with E-state index in [2.05, 4.69) is 10.9 Å². The van der Waals surface area contributed by atoms with E-state index in [0.717, 1.165) is 11.6 Å². The van der Waals surface area contributed by atoms with Gasteiger partial charge in [0.1, 0.15) is 11.6 Å². The fraction of sp³-hybridized carbons (Fsp3) is 0.211. The van der Waals surface area contributed by atoms with Crippen LogP contribution in [0.4, 0.5) is 4.39 Å². The number of carbonyl (C=O) groups excluding carboxylic acids is 1. The van der Waals surface area contributed by atoms with Crippen LogP contribution < -0.4 is 5.56 Å². The van der Waals surface area contributed by atoms with Crippen molar-refractivity contribution in [3.05, 3.63) is 63.3 Å². The number of Topliss-reactive ketones (excluding diaryl/α,β-unsaturated/α-hetero) is 1. The Labute approximate surface area is 154 Å². The van der Waals surface area contributed by atoms with Crippen molar-refractivity contribution >= 4 is 30.5 Å². The van der Waals surface area contributed by atoms with Crippen LogP contribution >= 0.6 is 20.7 Å². The molecule has 0 saturated heterocycles. The van der Waals surface area contributed by atoms with Gasteiger partial charge in [-0.1, -0.05) is 6.07 Å². The van der Waals surface area contributed by atoms with Gasteiger partial charge in [0, 0.05) is 32.7 Å². The van der Waals surface area contributed by atoms with Gasteiger partial charge in [0.25, 0.3) is 0 Å². The number of aryl methyl sites for hydroxylation is 1. The van der Waals surface area contributed by atoms with E-state index in [1.54, 1.807) is 16.3 Å². The molecule has 0 aliphatic carbocycles. The summed E-state index contributed by atoms with van der Waals surface area (Å²) in [6.07, 6.45) is 8.24. The van der Waals surface area contributed by atoms with Crippen LogP contribution in [0.3, 0.4) is 0 Å². The number of aromatic nitrogens is 1. The standard InChI is InChI=1S/C19H17FINO3/c1-3-4-5-16(13-6-7-19(25)22-11-13)21-10-18(24)14-8-12(2)15(20)9-17(14)23/h1,6-11,16,23H,4-5H2,2H3,(H,22,25). The van der Waals surface area contributed by atoms with Gasteiger partial charge in [0.05, 0.1) is 5.56 Å². The lowest BCUT2D eigenvalue weighted by Crippen LogP contribution is -2.05. The third-order valence-corrected chi connectivity index (χ3v) is 6.70. The number of aromatic hydroxyl groups is 1. The van der Waals surface area contributed by atoms with Gasteiger partial charge < -0.3 is 10.1 Å². The summed E-state index contributed by atoms with van der Waals surface area (Å²) >= 11 is -0.736. The van der Waals surface area contributed by atoms with Crippen molar-refractivity contribution in [2.24, 2.45) is 0 Å². The van der Waals surface area contributed by atoms with Crippen molar-refractivity contribution in [1.82, 2.24) is 4.98 Å².